The number of benzene rings is 2. The number of hydrogen-bond donors (Lipinski definition) is 3. The highest BCUT2D eigenvalue weighted by molar-refractivity contribution is 7.99. The van der Waals surface area contributed by atoms with Crippen molar-refractivity contribution in [3.8, 4) is 11.5 Å². The molecule has 0 bridgehead atoms. The van der Waals surface area contributed by atoms with Crippen LogP contribution in [0.3, 0.4) is 0 Å². The van der Waals surface area contributed by atoms with Crippen molar-refractivity contribution >= 4 is 35.0 Å². The fourth-order valence-corrected chi connectivity index (χ4v) is 2.76. The van der Waals surface area contributed by atoms with Gasteiger partial charge in [-0.1, -0.05) is 30.0 Å². The van der Waals surface area contributed by atoms with Gasteiger partial charge in [-0.05, 0) is 36.4 Å². The first-order valence-electron chi connectivity index (χ1n) is 7.74. The highest BCUT2D eigenvalue weighted by Crippen LogP contribution is 2.23. The number of carbonyl (C=O) groups excluding carboxylic acids is 1. The van der Waals surface area contributed by atoms with E-state index in [-0.39, 0.29) is 23.3 Å². The van der Waals surface area contributed by atoms with Gasteiger partial charge in [0.05, 0.1) is 5.75 Å². The second kappa shape index (κ2) is 8.21. The highest BCUT2D eigenvalue weighted by atomic mass is 32.2. The minimum atomic E-state index is -0.184. The third kappa shape index (κ3) is 5.12. The number of nitrogens with two attached hydrogens (primary N) is 2. The Morgan fingerprint density at radius 2 is 1.58 bits per heavy atom. The number of carbonyl (C=O) groups is 1. The van der Waals surface area contributed by atoms with E-state index >= 15 is 0 Å². The summed E-state index contributed by atoms with van der Waals surface area (Å²) < 4.78 is 5.71. The van der Waals surface area contributed by atoms with Crippen molar-refractivity contribution in [2.24, 2.45) is 0 Å². The normalized spacial score (nSPS) is 10.3. The zero-order valence-electron chi connectivity index (χ0n) is 13.8. The lowest BCUT2D eigenvalue weighted by Gasteiger charge is -2.08. The predicted octanol–water partition coefficient (Wildman–Crippen LogP) is 3.16. The summed E-state index contributed by atoms with van der Waals surface area (Å²) in [5.74, 6) is 1.94. The molecular weight excluding hydrogens is 350 g/mol. The fraction of sp³-hybridized carbons (Fsp3) is 0.0556. The van der Waals surface area contributed by atoms with Crippen LogP contribution < -0.4 is 21.5 Å². The Morgan fingerprint density at radius 1 is 0.962 bits per heavy atom. The number of thioether (sulfide) groups is 1. The third-order valence-corrected chi connectivity index (χ3v) is 4.04. The van der Waals surface area contributed by atoms with Crippen molar-refractivity contribution in [2.45, 2.75) is 5.16 Å². The molecule has 2 aromatic carbocycles. The number of aromatic nitrogens is 2. The van der Waals surface area contributed by atoms with Gasteiger partial charge in [0, 0.05) is 11.8 Å². The lowest BCUT2D eigenvalue weighted by atomic mass is 10.3. The SMILES string of the molecule is Nc1cc(N)nc(SCC(=O)Nc2ccc(Oc3ccccc3)cc2)n1. The van der Waals surface area contributed by atoms with Crippen LogP contribution in [0.15, 0.2) is 65.8 Å². The van der Waals surface area contributed by atoms with E-state index in [1.165, 1.54) is 6.07 Å². The molecular formula is C18H17N5O2S. The van der Waals surface area contributed by atoms with Crippen molar-refractivity contribution in [3.05, 3.63) is 60.7 Å². The standard InChI is InChI=1S/C18H17N5O2S/c19-15-10-16(20)23-18(22-15)26-11-17(24)21-12-6-8-14(9-7-12)25-13-4-2-1-3-5-13/h1-10H,11H2,(H,21,24)(H4,19,20,22,23). The summed E-state index contributed by atoms with van der Waals surface area (Å²) in [6.45, 7) is 0. The average molecular weight is 367 g/mol. The van der Waals surface area contributed by atoms with E-state index in [9.17, 15) is 4.79 Å². The van der Waals surface area contributed by atoms with Crippen LogP contribution in [-0.2, 0) is 4.79 Å². The molecule has 1 heterocycles. The summed E-state index contributed by atoms with van der Waals surface area (Å²) >= 11 is 1.16. The summed E-state index contributed by atoms with van der Waals surface area (Å²) in [4.78, 5) is 20.1. The van der Waals surface area contributed by atoms with Crippen LogP contribution in [0.25, 0.3) is 0 Å². The van der Waals surface area contributed by atoms with Gasteiger partial charge in [0.2, 0.25) is 5.91 Å². The second-order valence-electron chi connectivity index (χ2n) is 5.28. The smallest absolute Gasteiger partial charge is 0.234 e. The molecule has 3 rings (SSSR count). The van der Waals surface area contributed by atoms with Crippen LogP contribution in [0.1, 0.15) is 0 Å². The molecule has 0 aliphatic carbocycles. The van der Waals surface area contributed by atoms with E-state index in [0.717, 1.165) is 17.5 Å². The van der Waals surface area contributed by atoms with Crippen molar-refractivity contribution in [2.75, 3.05) is 22.5 Å². The number of hydrogen-bond acceptors (Lipinski definition) is 7. The Bertz CT molecular complexity index is 868. The molecule has 0 saturated carbocycles. The van der Waals surface area contributed by atoms with E-state index in [4.69, 9.17) is 16.2 Å². The van der Waals surface area contributed by atoms with Crippen LogP contribution in [0.5, 0.6) is 11.5 Å². The highest BCUT2D eigenvalue weighted by Gasteiger charge is 2.07. The molecule has 0 saturated heterocycles. The molecule has 1 amide bonds. The van der Waals surface area contributed by atoms with E-state index in [2.05, 4.69) is 15.3 Å². The van der Waals surface area contributed by atoms with Gasteiger partial charge < -0.3 is 21.5 Å². The summed E-state index contributed by atoms with van der Waals surface area (Å²) in [6.07, 6.45) is 0. The predicted molar refractivity (Wildman–Crippen MR) is 103 cm³/mol. The first-order chi connectivity index (χ1) is 12.6. The van der Waals surface area contributed by atoms with Crippen LogP contribution >= 0.6 is 11.8 Å². The second-order valence-corrected chi connectivity index (χ2v) is 6.22. The van der Waals surface area contributed by atoms with Crippen LogP contribution in [0.4, 0.5) is 17.3 Å². The molecule has 7 nitrogen and oxygen atoms in total. The molecule has 0 aliphatic heterocycles. The number of rotatable bonds is 6. The van der Waals surface area contributed by atoms with Crippen molar-refractivity contribution in [1.29, 1.82) is 0 Å². The van der Waals surface area contributed by atoms with Gasteiger partial charge in [-0.3, -0.25) is 4.79 Å². The fourth-order valence-electron chi connectivity index (χ4n) is 2.08. The first kappa shape index (κ1) is 17.6. The number of nitrogen functional groups attached to an aromatic ring is 2. The molecule has 8 heteroatoms. The summed E-state index contributed by atoms with van der Waals surface area (Å²) in [6, 6.07) is 18.1. The lowest BCUT2D eigenvalue weighted by Crippen LogP contribution is -2.14. The minimum absolute atomic E-state index is 0.144. The minimum Gasteiger partial charge on any atom is -0.457 e. The first-order valence-corrected chi connectivity index (χ1v) is 8.73. The van der Waals surface area contributed by atoms with Gasteiger partial charge in [-0.2, -0.15) is 0 Å². The Balaban J connectivity index is 1.52. The number of ether oxygens (including phenoxy) is 1. The van der Waals surface area contributed by atoms with Gasteiger partial charge in [0.15, 0.2) is 5.16 Å². The largest absolute Gasteiger partial charge is 0.457 e. The van der Waals surface area contributed by atoms with E-state index in [1.54, 1.807) is 24.3 Å². The molecule has 0 atom stereocenters. The summed E-state index contributed by atoms with van der Waals surface area (Å²) in [7, 11) is 0. The molecule has 0 aliphatic rings. The molecule has 1 aromatic heterocycles. The zero-order chi connectivity index (χ0) is 18.4. The third-order valence-electron chi connectivity index (χ3n) is 3.19. The maximum atomic E-state index is 12.1. The number of nitrogens with zero attached hydrogens (tertiary/aromatic N) is 2. The molecule has 0 spiro atoms. The Kier molecular flexibility index (Phi) is 5.55. The van der Waals surface area contributed by atoms with Crippen molar-refractivity contribution in [3.63, 3.8) is 0 Å². The van der Waals surface area contributed by atoms with Crippen LogP contribution in [0, 0.1) is 0 Å². The van der Waals surface area contributed by atoms with Crippen molar-refractivity contribution < 1.29 is 9.53 Å². The molecule has 132 valence electrons. The number of anilines is 3. The quantitative estimate of drug-likeness (QED) is 0.452. The van der Waals surface area contributed by atoms with Crippen LogP contribution in [0.2, 0.25) is 0 Å². The van der Waals surface area contributed by atoms with E-state index in [0.29, 0.717) is 16.6 Å². The van der Waals surface area contributed by atoms with Gasteiger partial charge in [0.25, 0.3) is 0 Å². The Labute approximate surface area is 154 Å². The van der Waals surface area contributed by atoms with Gasteiger partial charge in [0.1, 0.15) is 23.1 Å². The van der Waals surface area contributed by atoms with Crippen LogP contribution in [-0.4, -0.2) is 21.6 Å². The zero-order valence-corrected chi connectivity index (χ0v) is 14.6. The monoisotopic (exact) mass is 367 g/mol. The molecule has 0 fully saturated rings. The summed E-state index contributed by atoms with van der Waals surface area (Å²) in [5, 5.41) is 3.16. The molecule has 0 unspecified atom stereocenters. The summed E-state index contributed by atoms with van der Waals surface area (Å²) in [5.41, 5.74) is 11.9. The molecule has 0 radical (unpaired) electrons. The number of amides is 1. The maximum absolute atomic E-state index is 12.1. The lowest BCUT2D eigenvalue weighted by molar-refractivity contribution is -0.113. The van der Waals surface area contributed by atoms with E-state index < -0.39 is 0 Å². The maximum Gasteiger partial charge on any atom is 0.234 e. The van der Waals surface area contributed by atoms with Crippen molar-refractivity contribution in [1.82, 2.24) is 9.97 Å². The van der Waals surface area contributed by atoms with Gasteiger partial charge >= 0.3 is 0 Å². The average Bonchev–Trinajstić information content (AvgIpc) is 2.62. The van der Waals surface area contributed by atoms with E-state index in [1.807, 2.05) is 30.3 Å². The van der Waals surface area contributed by atoms with Gasteiger partial charge in [-0.15, -0.1) is 0 Å². The molecule has 5 N–H and O–H groups in total. The topological polar surface area (TPSA) is 116 Å². The Morgan fingerprint density at radius 3 is 2.23 bits per heavy atom. The number of para-hydroxylation sites is 1. The Hall–Kier alpha value is -3.26. The van der Waals surface area contributed by atoms with Gasteiger partial charge in [-0.25, -0.2) is 9.97 Å². The number of nitrogens with one attached hydrogen (secondary N) is 1. The molecule has 26 heavy (non-hydrogen) atoms. The molecule has 3 aromatic rings.